The van der Waals surface area contributed by atoms with Crippen molar-refractivity contribution in [1.82, 2.24) is 0 Å². The molecule has 1 heterocycles. The molecule has 0 unspecified atom stereocenters. The van der Waals surface area contributed by atoms with Crippen LogP contribution in [0.2, 0.25) is 0 Å². The van der Waals surface area contributed by atoms with Crippen LogP contribution in [0.15, 0.2) is 48.5 Å². The molecular formula is C18H19N3O2. The van der Waals surface area contributed by atoms with E-state index in [4.69, 9.17) is 0 Å². The van der Waals surface area contributed by atoms with Crippen molar-refractivity contribution >= 4 is 28.9 Å². The highest BCUT2D eigenvalue weighted by Crippen LogP contribution is 2.28. The number of carbonyl (C=O) groups is 2. The standard InChI is InChI=1S/C18H19N3O2/c1-2-13-7-3-4-8-14(13)20-17(22)12-21-16-10-6-5-9-15(16)19-11-18(21)23/h3-10,19H,2,11-12H2,1H3,(H,20,22). The average Bonchev–Trinajstić information content (AvgIpc) is 2.58. The van der Waals surface area contributed by atoms with E-state index in [9.17, 15) is 9.59 Å². The summed E-state index contributed by atoms with van der Waals surface area (Å²) in [6.07, 6.45) is 0.839. The smallest absolute Gasteiger partial charge is 0.246 e. The maximum absolute atomic E-state index is 12.4. The summed E-state index contributed by atoms with van der Waals surface area (Å²) in [4.78, 5) is 26.1. The van der Waals surface area contributed by atoms with E-state index in [1.807, 2.05) is 55.5 Å². The molecular weight excluding hydrogens is 290 g/mol. The van der Waals surface area contributed by atoms with Gasteiger partial charge in [-0.2, -0.15) is 0 Å². The van der Waals surface area contributed by atoms with Crippen LogP contribution in [0, 0.1) is 0 Å². The molecule has 3 rings (SSSR count). The molecule has 0 spiro atoms. The molecule has 0 bridgehead atoms. The molecule has 1 aliphatic heterocycles. The number of fused-ring (bicyclic) bond motifs is 1. The molecule has 118 valence electrons. The van der Waals surface area contributed by atoms with Gasteiger partial charge in [-0.3, -0.25) is 14.5 Å². The SMILES string of the molecule is CCc1ccccc1NC(=O)CN1C(=O)CNc2ccccc21. The molecule has 0 saturated heterocycles. The highest BCUT2D eigenvalue weighted by atomic mass is 16.2. The maximum Gasteiger partial charge on any atom is 0.246 e. The third-order valence-corrected chi connectivity index (χ3v) is 3.90. The van der Waals surface area contributed by atoms with Gasteiger partial charge in [0, 0.05) is 5.69 Å². The summed E-state index contributed by atoms with van der Waals surface area (Å²) in [7, 11) is 0. The highest BCUT2D eigenvalue weighted by Gasteiger charge is 2.25. The Morgan fingerprint density at radius 1 is 1.17 bits per heavy atom. The third kappa shape index (κ3) is 3.18. The van der Waals surface area contributed by atoms with Crippen LogP contribution in [0.25, 0.3) is 0 Å². The number of carbonyl (C=O) groups excluding carboxylic acids is 2. The summed E-state index contributed by atoms with van der Waals surface area (Å²) < 4.78 is 0. The van der Waals surface area contributed by atoms with E-state index in [1.54, 1.807) is 0 Å². The monoisotopic (exact) mass is 309 g/mol. The fourth-order valence-corrected chi connectivity index (χ4v) is 2.72. The number of anilines is 3. The van der Waals surface area contributed by atoms with E-state index in [-0.39, 0.29) is 24.9 Å². The summed E-state index contributed by atoms with van der Waals surface area (Å²) in [5.41, 5.74) is 3.49. The van der Waals surface area contributed by atoms with Crippen molar-refractivity contribution in [2.24, 2.45) is 0 Å². The average molecular weight is 309 g/mol. The van der Waals surface area contributed by atoms with Crippen LogP contribution >= 0.6 is 0 Å². The van der Waals surface area contributed by atoms with Crippen molar-refractivity contribution in [3.8, 4) is 0 Å². The van der Waals surface area contributed by atoms with Gasteiger partial charge in [0.2, 0.25) is 11.8 Å². The summed E-state index contributed by atoms with van der Waals surface area (Å²) in [5.74, 6) is -0.307. The minimum Gasteiger partial charge on any atom is -0.374 e. The van der Waals surface area contributed by atoms with Gasteiger partial charge >= 0.3 is 0 Å². The van der Waals surface area contributed by atoms with Crippen molar-refractivity contribution in [2.75, 3.05) is 28.6 Å². The first-order chi connectivity index (χ1) is 11.2. The largest absolute Gasteiger partial charge is 0.374 e. The number of aryl methyl sites for hydroxylation is 1. The molecule has 2 N–H and O–H groups in total. The molecule has 0 atom stereocenters. The van der Waals surface area contributed by atoms with Crippen LogP contribution < -0.4 is 15.5 Å². The quantitative estimate of drug-likeness (QED) is 0.913. The van der Waals surface area contributed by atoms with Crippen molar-refractivity contribution in [1.29, 1.82) is 0 Å². The zero-order valence-corrected chi connectivity index (χ0v) is 13.0. The molecule has 0 saturated carbocycles. The third-order valence-electron chi connectivity index (χ3n) is 3.90. The second-order valence-corrected chi connectivity index (χ2v) is 5.41. The van der Waals surface area contributed by atoms with Crippen LogP contribution in [-0.2, 0) is 16.0 Å². The number of nitrogens with one attached hydrogen (secondary N) is 2. The van der Waals surface area contributed by atoms with Gasteiger partial charge in [0.1, 0.15) is 6.54 Å². The van der Waals surface area contributed by atoms with E-state index in [1.165, 1.54) is 4.90 Å². The second kappa shape index (κ2) is 6.52. The topological polar surface area (TPSA) is 61.4 Å². The number of hydrogen-bond acceptors (Lipinski definition) is 3. The number of rotatable bonds is 4. The first kappa shape index (κ1) is 15.1. The highest BCUT2D eigenvalue weighted by molar-refractivity contribution is 6.07. The predicted octanol–water partition coefficient (Wildman–Crippen LogP) is 2.65. The van der Waals surface area contributed by atoms with Crippen LogP contribution in [0.4, 0.5) is 17.1 Å². The van der Waals surface area contributed by atoms with Gasteiger partial charge in [0.05, 0.1) is 17.9 Å². The Morgan fingerprint density at radius 3 is 2.74 bits per heavy atom. The summed E-state index contributed by atoms with van der Waals surface area (Å²) in [6, 6.07) is 15.2. The van der Waals surface area contributed by atoms with Crippen LogP contribution in [0.3, 0.4) is 0 Å². The van der Waals surface area contributed by atoms with Crippen molar-refractivity contribution < 1.29 is 9.59 Å². The number of nitrogens with zero attached hydrogens (tertiary/aromatic N) is 1. The summed E-state index contributed by atoms with van der Waals surface area (Å²) >= 11 is 0. The lowest BCUT2D eigenvalue weighted by Crippen LogP contribution is -2.44. The summed E-state index contributed by atoms with van der Waals surface area (Å²) in [5, 5.41) is 5.97. The van der Waals surface area contributed by atoms with Crippen molar-refractivity contribution in [3.05, 3.63) is 54.1 Å². The van der Waals surface area contributed by atoms with E-state index < -0.39 is 0 Å². The van der Waals surface area contributed by atoms with E-state index in [0.717, 1.165) is 29.0 Å². The van der Waals surface area contributed by atoms with Crippen LogP contribution in [0.5, 0.6) is 0 Å². The van der Waals surface area contributed by atoms with Crippen LogP contribution in [0.1, 0.15) is 12.5 Å². The molecule has 0 aliphatic carbocycles. The molecule has 0 aromatic heterocycles. The molecule has 1 aliphatic rings. The first-order valence-electron chi connectivity index (χ1n) is 7.70. The lowest BCUT2D eigenvalue weighted by molar-refractivity contribution is -0.120. The van der Waals surface area contributed by atoms with E-state index >= 15 is 0 Å². The lowest BCUT2D eigenvalue weighted by atomic mass is 10.1. The number of para-hydroxylation sites is 3. The Balaban J connectivity index is 1.76. The molecule has 0 fully saturated rings. The second-order valence-electron chi connectivity index (χ2n) is 5.41. The maximum atomic E-state index is 12.4. The molecule has 5 nitrogen and oxygen atoms in total. The van der Waals surface area contributed by atoms with E-state index in [2.05, 4.69) is 10.6 Å². The normalized spacial score (nSPS) is 13.3. The Hall–Kier alpha value is -2.82. The predicted molar refractivity (Wildman–Crippen MR) is 91.7 cm³/mol. The zero-order valence-electron chi connectivity index (χ0n) is 13.0. The number of hydrogen-bond donors (Lipinski definition) is 2. The molecule has 0 radical (unpaired) electrons. The molecule has 23 heavy (non-hydrogen) atoms. The fourth-order valence-electron chi connectivity index (χ4n) is 2.72. The minimum atomic E-state index is -0.198. The molecule has 2 aromatic carbocycles. The van der Waals surface area contributed by atoms with Gasteiger partial charge in [-0.15, -0.1) is 0 Å². The van der Waals surface area contributed by atoms with Crippen molar-refractivity contribution in [2.45, 2.75) is 13.3 Å². The van der Waals surface area contributed by atoms with Gasteiger partial charge in [0.25, 0.3) is 0 Å². The van der Waals surface area contributed by atoms with E-state index in [0.29, 0.717) is 0 Å². The Labute approximate surface area is 135 Å². The lowest BCUT2D eigenvalue weighted by Gasteiger charge is -2.29. The number of benzene rings is 2. The first-order valence-corrected chi connectivity index (χ1v) is 7.70. The molecule has 5 heteroatoms. The van der Waals surface area contributed by atoms with Gasteiger partial charge in [-0.1, -0.05) is 37.3 Å². The molecule has 2 amide bonds. The Kier molecular flexibility index (Phi) is 4.28. The van der Waals surface area contributed by atoms with Crippen LogP contribution in [-0.4, -0.2) is 24.9 Å². The van der Waals surface area contributed by atoms with Gasteiger partial charge < -0.3 is 10.6 Å². The van der Waals surface area contributed by atoms with Gasteiger partial charge in [0.15, 0.2) is 0 Å². The minimum absolute atomic E-state index is 0.00950. The summed E-state index contributed by atoms with van der Waals surface area (Å²) in [6.45, 7) is 2.26. The fraction of sp³-hybridized carbons (Fsp3) is 0.222. The zero-order chi connectivity index (χ0) is 16.2. The Bertz CT molecular complexity index is 743. The Morgan fingerprint density at radius 2 is 1.91 bits per heavy atom. The van der Waals surface area contributed by atoms with Gasteiger partial charge in [-0.05, 0) is 30.2 Å². The van der Waals surface area contributed by atoms with Gasteiger partial charge in [-0.25, -0.2) is 0 Å². The molecule has 2 aromatic rings. The van der Waals surface area contributed by atoms with Crippen molar-refractivity contribution in [3.63, 3.8) is 0 Å². The number of amides is 2.